The standard InChI is InChI=1S/C24H26N2O8/c1-29-17-9-13(10-18(30-2)21(17)33-5)7-15-23(27)26-16(24(28)25-15)8-14-11-19(31-3)22(34-6)20(12-14)32-4/h7-12H,1-6H3,(H,25,28)(H,26,27)/b15-7-,16-8-. The van der Waals surface area contributed by atoms with E-state index in [1.807, 2.05) is 0 Å². The second kappa shape index (κ2) is 10.5. The Balaban J connectivity index is 2.15. The highest BCUT2D eigenvalue weighted by atomic mass is 16.5. The molecule has 0 aliphatic rings. The number of nitrogens with one attached hydrogen (secondary N) is 2. The van der Waals surface area contributed by atoms with Crippen LogP contribution in [0.15, 0.2) is 33.9 Å². The van der Waals surface area contributed by atoms with E-state index in [2.05, 4.69) is 9.97 Å². The molecule has 0 fully saturated rings. The quantitative estimate of drug-likeness (QED) is 0.495. The zero-order valence-electron chi connectivity index (χ0n) is 19.7. The van der Waals surface area contributed by atoms with Crippen LogP contribution >= 0.6 is 0 Å². The molecule has 0 spiro atoms. The predicted molar refractivity (Wildman–Crippen MR) is 126 cm³/mol. The molecule has 180 valence electrons. The Kier molecular flexibility index (Phi) is 7.52. The Morgan fingerprint density at radius 2 is 0.824 bits per heavy atom. The first-order valence-corrected chi connectivity index (χ1v) is 10.0. The smallest absolute Gasteiger partial charge is 0.272 e. The molecule has 2 aromatic carbocycles. The first-order chi connectivity index (χ1) is 16.4. The summed E-state index contributed by atoms with van der Waals surface area (Å²) < 4.78 is 31.9. The van der Waals surface area contributed by atoms with Gasteiger partial charge in [-0.25, -0.2) is 0 Å². The van der Waals surface area contributed by atoms with Gasteiger partial charge in [-0.3, -0.25) is 9.59 Å². The maximum Gasteiger partial charge on any atom is 0.272 e. The van der Waals surface area contributed by atoms with Crippen LogP contribution in [0.3, 0.4) is 0 Å². The summed E-state index contributed by atoms with van der Waals surface area (Å²) in [6.45, 7) is 0. The number of aromatic nitrogens is 2. The Morgan fingerprint density at radius 1 is 0.529 bits per heavy atom. The van der Waals surface area contributed by atoms with E-state index < -0.39 is 11.1 Å². The molecule has 0 aliphatic carbocycles. The second-order valence-corrected chi connectivity index (χ2v) is 6.94. The van der Waals surface area contributed by atoms with E-state index in [-0.39, 0.29) is 10.7 Å². The van der Waals surface area contributed by atoms with Crippen molar-refractivity contribution in [3.8, 4) is 34.5 Å². The van der Waals surface area contributed by atoms with E-state index in [1.54, 1.807) is 24.3 Å². The highest BCUT2D eigenvalue weighted by Gasteiger charge is 2.14. The number of ether oxygens (including phenoxy) is 6. The summed E-state index contributed by atoms with van der Waals surface area (Å²) in [4.78, 5) is 30.7. The topological polar surface area (TPSA) is 121 Å². The van der Waals surface area contributed by atoms with Gasteiger partial charge < -0.3 is 38.4 Å². The van der Waals surface area contributed by atoms with Crippen molar-refractivity contribution in [2.75, 3.05) is 42.7 Å². The lowest BCUT2D eigenvalue weighted by Gasteiger charge is -2.12. The van der Waals surface area contributed by atoms with Gasteiger partial charge in [0.2, 0.25) is 11.5 Å². The summed E-state index contributed by atoms with van der Waals surface area (Å²) in [5.41, 5.74) is 0.146. The SMILES string of the molecule is COc1cc(/C=c2\[nH]c(=O)/c(=C/c3cc(OC)c(OC)c(OC)c3)[nH]c2=O)cc(OC)c1OC. The third-order valence-electron chi connectivity index (χ3n) is 4.98. The fraction of sp³-hybridized carbons (Fsp3) is 0.250. The third kappa shape index (κ3) is 4.85. The number of hydrogen-bond donors (Lipinski definition) is 2. The average molecular weight is 470 g/mol. The van der Waals surface area contributed by atoms with E-state index >= 15 is 0 Å². The zero-order valence-corrected chi connectivity index (χ0v) is 19.7. The number of H-pyrrole nitrogens is 2. The van der Waals surface area contributed by atoms with Crippen LogP contribution in [0.1, 0.15) is 11.1 Å². The van der Waals surface area contributed by atoms with Gasteiger partial charge in [0.05, 0.1) is 42.7 Å². The number of hydrogen-bond acceptors (Lipinski definition) is 8. The molecule has 0 aliphatic heterocycles. The lowest BCUT2D eigenvalue weighted by atomic mass is 10.1. The Bertz CT molecular complexity index is 1260. The summed E-state index contributed by atoms with van der Waals surface area (Å²) in [7, 11) is 8.95. The molecule has 0 atom stereocenters. The van der Waals surface area contributed by atoms with Gasteiger partial charge >= 0.3 is 0 Å². The average Bonchev–Trinajstić information content (AvgIpc) is 2.85. The molecule has 1 aromatic heterocycles. The minimum atomic E-state index is -0.493. The fourth-order valence-electron chi connectivity index (χ4n) is 3.40. The molecule has 1 heterocycles. The summed E-state index contributed by atoms with van der Waals surface area (Å²) in [5, 5.41) is 0.114. The Hall–Kier alpha value is -4.34. The molecular formula is C24H26N2O8. The molecule has 0 saturated heterocycles. The van der Waals surface area contributed by atoms with Crippen LogP contribution in [0.5, 0.6) is 34.5 Å². The maximum absolute atomic E-state index is 12.7. The van der Waals surface area contributed by atoms with Gasteiger partial charge in [0, 0.05) is 0 Å². The van der Waals surface area contributed by atoms with Gasteiger partial charge in [-0.15, -0.1) is 0 Å². The van der Waals surface area contributed by atoms with Crippen molar-refractivity contribution in [1.29, 1.82) is 0 Å². The van der Waals surface area contributed by atoms with E-state index in [1.165, 1.54) is 54.8 Å². The van der Waals surface area contributed by atoms with E-state index in [4.69, 9.17) is 28.4 Å². The van der Waals surface area contributed by atoms with Crippen molar-refractivity contribution in [2.24, 2.45) is 0 Å². The van der Waals surface area contributed by atoms with Crippen molar-refractivity contribution in [1.82, 2.24) is 9.97 Å². The van der Waals surface area contributed by atoms with E-state index in [0.717, 1.165) is 0 Å². The van der Waals surface area contributed by atoms with Gasteiger partial charge in [-0.2, -0.15) is 0 Å². The van der Waals surface area contributed by atoms with Crippen LogP contribution in [-0.2, 0) is 0 Å². The van der Waals surface area contributed by atoms with Crippen molar-refractivity contribution < 1.29 is 28.4 Å². The third-order valence-corrected chi connectivity index (χ3v) is 4.98. The Morgan fingerprint density at radius 3 is 1.06 bits per heavy atom. The molecule has 3 aromatic rings. The van der Waals surface area contributed by atoms with Gasteiger partial charge in [0.25, 0.3) is 11.1 Å². The first kappa shape index (κ1) is 24.3. The minimum absolute atomic E-state index is 0.0568. The van der Waals surface area contributed by atoms with Gasteiger partial charge in [0.1, 0.15) is 10.7 Å². The molecule has 10 heteroatoms. The summed E-state index contributed by atoms with van der Waals surface area (Å²) in [5.74, 6) is 2.50. The van der Waals surface area contributed by atoms with Crippen LogP contribution < -0.4 is 50.2 Å². The molecule has 2 N–H and O–H groups in total. The van der Waals surface area contributed by atoms with E-state index in [0.29, 0.717) is 45.6 Å². The van der Waals surface area contributed by atoms with Crippen molar-refractivity contribution in [3.63, 3.8) is 0 Å². The van der Waals surface area contributed by atoms with Gasteiger partial charge in [-0.1, -0.05) is 0 Å². The molecule has 0 amide bonds. The molecule has 10 nitrogen and oxygen atoms in total. The van der Waals surface area contributed by atoms with Crippen LogP contribution in [-0.4, -0.2) is 52.6 Å². The number of methoxy groups -OCH3 is 6. The predicted octanol–water partition coefficient (Wildman–Crippen LogP) is 0.772. The highest BCUT2D eigenvalue weighted by Crippen LogP contribution is 2.39. The maximum atomic E-state index is 12.7. The van der Waals surface area contributed by atoms with Crippen LogP contribution in [0.25, 0.3) is 12.2 Å². The van der Waals surface area contributed by atoms with Gasteiger partial charge in [-0.05, 0) is 47.5 Å². The van der Waals surface area contributed by atoms with E-state index in [9.17, 15) is 9.59 Å². The number of aromatic amines is 2. The van der Waals surface area contributed by atoms with Crippen LogP contribution in [0.4, 0.5) is 0 Å². The lowest BCUT2D eigenvalue weighted by Crippen LogP contribution is -2.46. The second-order valence-electron chi connectivity index (χ2n) is 6.94. The summed E-state index contributed by atoms with van der Waals surface area (Å²) in [6, 6.07) is 6.65. The number of benzene rings is 2. The molecule has 34 heavy (non-hydrogen) atoms. The van der Waals surface area contributed by atoms with Crippen LogP contribution in [0.2, 0.25) is 0 Å². The van der Waals surface area contributed by atoms with Gasteiger partial charge in [0.15, 0.2) is 23.0 Å². The van der Waals surface area contributed by atoms with Crippen LogP contribution in [0, 0.1) is 0 Å². The first-order valence-electron chi connectivity index (χ1n) is 10.0. The zero-order chi connectivity index (χ0) is 24.8. The molecule has 0 saturated carbocycles. The summed E-state index contributed by atoms with van der Waals surface area (Å²) >= 11 is 0. The molecule has 0 unspecified atom stereocenters. The monoisotopic (exact) mass is 470 g/mol. The lowest BCUT2D eigenvalue weighted by molar-refractivity contribution is 0.324. The highest BCUT2D eigenvalue weighted by molar-refractivity contribution is 5.63. The van der Waals surface area contributed by atoms with Crippen molar-refractivity contribution >= 4 is 12.2 Å². The summed E-state index contributed by atoms with van der Waals surface area (Å²) in [6.07, 6.45) is 3.02. The molecule has 3 rings (SSSR count). The number of rotatable bonds is 8. The van der Waals surface area contributed by atoms with Crippen molar-refractivity contribution in [2.45, 2.75) is 0 Å². The molecule has 0 bridgehead atoms. The fourth-order valence-corrected chi connectivity index (χ4v) is 3.40. The largest absolute Gasteiger partial charge is 0.493 e. The minimum Gasteiger partial charge on any atom is -0.493 e. The normalized spacial score (nSPS) is 11.8. The Labute approximate surface area is 195 Å². The molecular weight excluding hydrogens is 444 g/mol. The molecule has 0 radical (unpaired) electrons. The van der Waals surface area contributed by atoms with Crippen molar-refractivity contribution in [3.05, 3.63) is 66.8 Å².